The number of carbonyl (C=O) groups is 1. The van der Waals surface area contributed by atoms with E-state index >= 15 is 0 Å². The van der Waals surface area contributed by atoms with Gasteiger partial charge in [0.2, 0.25) is 10.0 Å². The number of carbonyl (C=O) groups excluding carboxylic acids is 1. The second kappa shape index (κ2) is 9.55. The average molecular weight is 559 g/mol. The van der Waals surface area contributed by atoms with Crippen LogP contribution in [-0.4, -0.2) is 42.7 Å². The van der Waals surface area contributed by atoms with Crippen LogP contribution in [0.1, 0.15) is 10.4 Å². The monoisotopic (exact) mass is 559 g/mol. The molecular weight excluding hydrogens is 544 g/mol. The highest BCUT2D eigenvalue weighted by atomic mass is 32.2. The van der Waals surface area contributed by atoms with E-state index in [9.17, 15) is 39.6 Å². The molecule has 0 unspecified atom stereocenters. The zero-order valence-electron chi connectivity index (χ0n) is 19.0. The Hall–Kier alpha value is -4.27. The first-order valence-electron chi connectivity index (χ1n) is 10.3. The number of aromatic nitrogens is 2. The van der Waals surface area contributed by atoms with Crippen molar-refractivity contribution in [3.63, 3.8) is 0 Å². The van der Waals surface area contributed by atoms with Crippen LogP contribution in [0.4, 0.5) is 26.3 Å². The fourth-order valence-electron chi connectivity index (χ4n) is 3.54. The molecule has 0 aliphatic rings. The summed E-state index contributed by atoms with van der Waals surface area (Å²) in [7, 11) is -3.97. The number of sulfonamides is 1. The van der Waals surface area contributed by atoms with Gasteiger partial charge in [0.15, 0.2) is 0 Å². The minimum absolute atomic E-state index is 0.119. The number of nitrogens with one attached hydrogen (secondary N) is 1. The highest BCUT2D eigenvalue weighted by molar-refractivity contribution is 7.89. The molecule has 2 heterocycles. The molecule has 1 amide bonds. The van der Waals surface area contributed by atoms with Crippen molar-refractivity contribution in [2.75, 3.05) is 6.26 Å². The largest absolute Gasteiger partial charge is 0.573 e. The topological polar surface area (TPSA) is 99.0 Å². The molecule has 0 fully saturated rings. The molecule has 0 bridgehead atoms. The van der Waals surface area contributed by atoms with Crippen LogP contribution < -0.4 is 14.2 Å². The maximum Gasteiger partial charge on any atom is 0.573 e. The molecule has 0 saturated carbocycles. The maximum absolute atomic E-state index is 12.8. The minimum atomic E-state index is -4.92. The Morgan fingerprint density at radius 3 is 1.84 bits per heavy atom. The predicted molar refractivity (Wildman–Crippen MR) is 122 cm³/mol. The second-order valence-electron chi connectivity index (χ2n) is 7.82. The molecule has 0 atom stereocenters. The molecule has 0 saturated heterocycles. The van der Waals surface area contributed by atoms with Gasteiger partial charge >= 0.3 is 12.7 Å². The molecule has 4 rings (SSSR count). The molecule has 0 radical (unpaired) electrons. The van der Waals surface area contributed by atoms with Crippen LogP contribution in [0.5, 0.6) is 11.5 Å². The van der Waals surface area contributed by atoms with E-state index in [0.717, 1.165) is 30.5 Å². The number of hydrogen-bond donors (Lipinski definition) is 1. The molecule has 38 heavy (non-hydrogen) atoms. The van der Waals surface area contributed by atoms with Gasteiger partial charge in [0.25, 0.3) is 5.91 Å². The smallest absolute Gasteiger partial charge is 0.406 e. The van der Waals surface area contributed by atoms with E-state index in [4.69, 9.17) is 0 Å². The molecule has 200 valence electrons. The molecule has 15 heteroatoms. The highest BCUT2D eigenvalue weighted by Gasteiger charge is 2.32. The third kappa shape index (κ3) is 6.53. The van der Waals surface area contributed by atoms with Crippen LogP contribution in [0.25, 0.3) is 28.0 Å². The second-order valence-corrected chi connectivity index (χ2v) is 9.57. The lowest BCUT2D eigenvalue weighted by Crippen LogP contribution is -2.29. The van der Waals surface area contributed by atoms with Crippen molar-refractivity contribution >= 4 is 21.6 Å². The number of pyridine rings is 1. The summed E-state index contributed by atoms with van der Waals surface area (Å²) in [5.74, 6) is -1.98. The summed E-state index contributed by atoms with van der Waals surface area (Å²) < 4.78 is 109. The van der Waals surface area contributed by atoms with Crippen molar-refractivity contribution in [2.45, 2.75) is 12.7 Å². The lowest BCUT2D eigenvalue weighted by molar-refractivity contribution is -0.275. The maximum atomic E-state index is 12.8. The fourth-order valence-corrected chi connectivity index (χ4v) is 3.99. The summed E-state index contributed by atoms with van der Waals surface area (Å²) in [6, 6.07) is 10.6. The van der Waals surface area contributed by atoms with E-state index in [2.05, 4.69) is 14.5 Å². The van der Waals surface area contributed by atoms with Crippen molar-refractivity contribution < 1.29 is 49.0 Å². The fraction of sp³-hybridized carbons (Fsp3) is 0.130. The molecule has 8 nitrogen and oxygen atoms in total. The summed E-state index contributed by atoms with van der Waals surface area (Å²) in [6.07, 6.45) is -6.26. The number of rotatable bonds is 6. The first-order chi connectivity index (χ1) is 17.6. The normalized spacial score (nSPS) is 12.4. The number of alkyl halides is 6. The van der Waals surface area contributed by atoms with Crippen LogP contribution in [-0.2, 0) is 10.0 Å². The van der Waals surface area contributed by atoms with Crippen LogP contribution in [0, 0.1) is 0 Å². The Bertz CT molecular complexity index is 1600. The van der Waals surface area contributed by atoms with E-state index < -0.39 is 40.2 Å². The summed E-state index contributed by atoms with van der Waals surface area (Å²) in [5, 5.41) is 0. The quantitative estimate of drug-likeness (QED) is 0.328. The Morgan fingerprint density at radius 1 is 0.868 bits per heavy atom. The van der Waals surface area contributed by atoms with Gasteiger partial charge in [0, 0.05) is 17.3 Å². The number of fused-ring (bicyclic) bond motifs is 1. The Balaban J connectivity index is 1.81. The van der Waals surface area contributed by atoms with Crippen LogP contribution in [0.15, 0.2) is 67.0 Å². The molecule has 4 aromatic rings. The van der Waals surface area contributed by atoms with Crippen molar-refractivity contribution in [3.8, 4) is 33.9 Å². The number of benzene rings is 2. The molecule has 0 aliphatic carbocycles. The SMILES string of the molecule is CS(=O)(=O)NC(=O)c1cc2ncc(-c3ccc(OC(F)(F)F)cc3)n2cc1-c1ccc(OC(F)(F)F)cc1. The van der Waals surface area contributed by atoms with Crippen LogP contribution in [0.3, 0.4) is 0 Å². The predicted octanol–water partition coefficient (Wildman–Crippen LogP) is 5.15. The molecule has 2 aromatic heterocycles. The van der Waals surface area contributed by atoms with E-state index in [1.54, 1.807) is 0 Å². The Kier molecular flexibility index (Phi) is 6.73. The van der Waals surface area contributed by atoms with Gasteiger partial charge in [-0.1, -0.05) is 12.1 Å². The Labute approximate surface area is 210 Å². The number of halogens is 6. The van der Waals surface area contributed by atoms with E-state index in [-0.39, 0.29) is 22.3 Å². The van der Waals surface area contributed by atoms with Crippen LogP contribution >= 0.6 is 0 Å². The van der Waals surface area contributed by atoms with Gasteiger partial charge < -0.3 is 9.47 Å². The number of hydrogen-bond acceptors (Lipinski definition) is 6. The number of nitrogens with zero attached hydrogens (tertiary/aromatic N) is 2. The van der Waals surface area contributed by atoms with Gasteiger partial charge in [-0.2, -0.15) is 0 Å². The standard InChI is InChI=1S/C23H15F6N3O5S/c1-38(34,35)31-21(33)17-10-20-30-11-19(14-4-8-16(9-5-14)37-23(27,28)29)32(20)12-18(17)13-2-6-15(7-3-13)36-22(24,25)26/h2-12H,1H3,(H,31,33). The summed E-state index contributed by atoms with van der Waals surface area (Å²) in [5.41, 5.74) is 1.17. The summed E-state index contributed by atoms with van der Waals surface area (Å²) in [4.78, 5) is 17.0. The summed E-state index contributed by atoms with van der Waals surface area (Å²) in [6.45, 7) is 0. The van der Waals surface area contributed by atoms with Crippen molar-refractivity contribution in [1.29, 1.82) is 0 Å². The van der Waals surface area contributed by atoms with Crippen molar-refractivity contribution in [2.24, 2.45) is 0 Å². The third-order valence-electron chi connectivity index (χ3n) is 4.95. The van der Waals surface area contributed by atoms with E-state index in [1.165, 1.54) is 47.1 Å². The third-order valence-corrected chi connectivity index (χ3v) is 5.51. The van der Waals surface area contributed by atoms with Gasteiger partial charge in [-0.05, 0) is 48.0 Å². The molecular formula is C23H15F6N3O5S. The number of imidazole rings is 1. The number of ether oxygens (including phenoxy) is 2. The molecule has 0 spiro atoms. The van der Waals surface area contributed by atoms with Gasteiger partial charge in [-0.15, -0.1) is 26.3 Å². The average Bonchev–Trinajstić information content (AvgIpc) is 3.19. The van der Waals surface area contributed by atoms with Gasteiger partial charge in [-0.25, -0.2) is 18.1 Å². The van der Waals surface area contributed by atoms with Crippen molar-refractivity contribution in [3.05, 3.63) is 72.6 Å². The molecule has 0 aliphatic heterocycles. The Morgan fingerprint density at radius 2 is 1.37 bits per heavy atom. The highest BCUT2D eigenvalue weighted by Crippen LogP contribution is 2.32. The zero-order valence-corrected chi connectivity index (χ0v) is 19.8. The van der Waals surface area contributed by atoms with Crippen LogP contribution in [0.2, 0.25) is 0 Å². The van der Waals surface area contributed by atoms with E-state index in [0.29, 0.717) is 11.3 Å². The van der Waals surface area contributed by atoms with Gasteiger partial charge in [0.05, 0.1) is 23.7 Å². The van der Waals surface area contributed by atoms with Gasteiger partial charge in [0.1, 0.15) is 17.1 Å². The minimum Gasteiger partial charge on any atom is -0.406 e. The molecule has 1 N–H and O–H groups in total. The van der Waals surface area contributed by atoms with Crippen molar-refractivity contribution in [1.82, 2.24) is 14.1 Å². The summed E-state index contributed by atoms with van der Waals surface area (Å²) >= 11 is 0. The van der Waals surface area contributed by atoms with E-state index in [1.807, 2.05) is 4.72 Å². The first-order valence-corrected chi connectivity index (χ1v) is 12.2. The lowest BCUT2D eigenvalue weighted by atomic mass is 10.0. The van der Waals surface area contributed by atoms with Gasteiger partial charge in [-0.3, -0.25) is 9.20 Å². The molecule has 2 aromatic carbocycles. The first kappa shape index (κ1) is 26.8. The zero-order chi connectivity index (χ0) is 27.9. The number of amides is 1. The lowest BCUT2D eigenvalue weighted by Gasteiger charge is -2.14.